The average Bonchev–Trinajstić information content (AvgIpc) is 3.87. The van der Waals surface area contributed by atoms with E-state index >= 15 is 4.39 Å². The summed E-state index contributed by atoms with van der Waals surface area (Å²) in [7, 11) is 0. The van der Waals surface area contributed by atoms with Gasteiger partial charge in [-0.25, -0.2) is 8.78 Å². The van der Waals surface area contributed by atoms with Gasteiger partial charge in [0.05, 0.1) is 17.1 Å². The second-order valence-corrected chi connectivity index (χ2v) is 17.6. The number of nitrogens with two attached hydrogens (primary N) is 1. The second kappa shape index (κ2) is 24.7. The highest BCUT2D eigenvalue weighted by Gasteiger charge is 2.35. The number of carbonyl (C=O) groups excluding carboxylic acids is 3. The Morgan fingerprint density at radius 1 is 1.03 bits per heavy atom. The van der Waals surface area contributed by atoms with Gasteiger partial charge in [-0.1, -0.05) is 60.0 Å². The van der Waals surface area contributed by atoms with Crippen molar-refractivity contribution in [2.45, 2.75) is 124 Å². The molecule has 8 rings (SSSR count). The summed E-state index contributed by atoms with van der Waals surface area (Å²) in [5, 5.41) is 24.7. The number of aldehydes is 1. The van der Waals surface area contributed by atoms with Crippen LogP contribution in [-0.2, 0) is 14.4 Å². The quantitative estimate of drug-likeness (QED) is 0.108. The van der Waals surface area contributed by atoms with Crippen molar-refractivity contribution in [2.24, 2.45) is 11.1 Å². The number of aliphatic hydroxyl groups is 1. The number of unbranched alkanes of at least 4 members (excludes halogenated alkanes) is 1. The Bertz CT molecular complexity index is 2240. The molecule has 4 fully saturated rings. The SMILES string of the molecule is C#Cc1c(F)ccc2cc(O)cc(-c3ncc4c(N5CC6CCC(C5)N6)nc(OC5CCN(CCCC)CC5)nc4c3F)c12.CC.CC(C)(C)CC(=O)N1CC[C@@H](O)C1.CC=O.NC=O. The minimum atomic E-state index is -0.706. The zero-order valence-electron chi connectivity index (χ0n) is 39.1. The number of aromatic hydroxyl groups is 1. The van der Waals surface area contributed by atoms with Crippen LogP contribution < -0.4 is 20.7 Å². The monoisotopic (exact) mass is 903 g/mol. The number of ether oxygens (including phenoxy) is 1. The maximum absolute atomic E-state index is 16.7. The number of hydrogen-bond donors (Lipinski definition) is 4. The number of pyridine rings is 1. The summed E-state index contributed by atoms with van der Waals surface area (Å²) in [6, 6.07) is 6.38. The maximum Gasteiger partial charge on any atom is 0.319 e. The number of nitrogens with one attached hydrogen (secondary N) is 1. The van der Waals surface area contributed by atoms with E-state index in [4.69, 9.17) is 25.7 Å². The molecule has 3 atom stereocenters. The molecule has 0 saturated carbocycles. The Morgan fingerprint density at radius 3 is 2.25 bits per heavy atom. The van der Waals surface area contributed by atoms with Crippen LogP contribution in [0.4, 0.5) is 14.6 Å². The molecule has 2 amide bonds. The number of fused-ring (bicyclic) bond motifs is 4. The van der Waals surface area contributed by atoms with E-state index in [1.54, 1.807) is 11.1 Å². The van der Waals surface area contributed by atoms with Crippen molar-refractivity contribution in [2.75, 3.05) is 50.7 Å². The molecule has 6 heterocycles. The Balaban J connectivity index is 0.000000369. The first-order valence-electron chi connectivity index (χ1n) is 22.8. The van der Waals surface area contributed by atoms with Gasteiger partial charge in [-0.3, -0.25) is 14.6 Å². The molecule has 16 heteroatoms. The van der Waals surface area contributed by atoms with E-state index in [9.17, 15) is 19.4 Å². The van der Waals surface area contributed by atoms with Gasteiger partial charge in [-0.2, -0.15) is 9.97 Å². The number of phenolic OH excluding ortho intramolecular Hbond substituents is 1. The summed E-state index contributed by atoms with van der Waals surface area (Å²) in [4.78, 5) is 49.4. The predicted molar refractivity (Wildman–Crippen MR) is 252 cm³/mol. The van der Waals surface area contributed by atoms with Gasteiger partial charge in [-0.05, 0) is 81.0 Å². The van der Waals surface area contributed by atoms with Gasteiger partial charge in [0.25, 0.3) is 0 Å². The lowest BCUT2D eigenvalue weighted by molar-refractivity contribution is -0.132. The number of terminal acetylenes is 1. The minimum absolute atomic E-state index is 0.0206. The highest BCUT2D eigenvalue weighted by atomic mass is 19.1. The second-order valence-electron chi connectivity index (χ2n) is 17.6. The lowest BCUT2D eigenvalue weighted by atomic mass is 9.92. The van der Waals surface area contributed by atoms with Crippen molar-refractivity contribution in [1.82, 2.24) is 30.1 Å². The summed E-state index contributed by atoms with van der Waals surface area (Å²) in [6.45, 7) is 19.5. The van der Waals surface area contributed by atoms with Gasteiger partial charge >= 0.3 is 6.01 Å². The third kappa shape index (κ3) is 14.0. The van der Waals surface area contributed by atoms with E-state index in [1.165, 1.54) is 37.6 Å². The summed E-state index contributed by atoms with van der Waals surface area (Å²) in [6.07, 6.45) is 15.4. The highest BCUT2D eigenvalue weighted by molar-refractivity contribution is 6.03. The van der Waals surface area contributed by atoms with Crippen LogP contribution >= 0.6 is 0 Å². The van der Waals surface area contributed by atoms with Crippen LogP contribution in [0.2, 0.25) is 0 Å². The number of carbonyl (C=O) groups is 3. The summed E-state index contributed by atoms with van der Waals surface area (Å²) in [5.41, 5.74) is 4.36. The van der Waals surface area contributed by atoms with Crippen LogP contribution in [-0.4, -0.2) is 124 Å². The Morgan fingerprint density at radius 2 is 1.68 bits per heavy atom. The van der Waals surface area contributed by atoms with Crippen molar-refractivity contribution in [3.05, 3.63) is 47.7 Å². The molecule has 4 aliphatic heterocycles. The highest BCUT2D eigenvalue weighted by Crippen LogP contribution is 2.39. The van der Waals surface area contributed by atoms with Crippen LogP contribution in [0.25, 0.3) is 32.9 Å². The van der Waals surface area contributed by atoms with Gasteiger partial charge in [0, 0.05) is 74.9 Å². The fourth-order valence-corrected chi connectivity index (χ4v) is 8.54. The summed E-state index contributed by atoms with van der Waals surface area (Å²) in [5.74, 6) is 1.73. The van der Waals surface area contributed by atoms with E-state index in [0.29, 0.717) is 47.0 Å². The molecule has 4 aromatic rings. The molecular formula is C49H68F2N8O6. The maximum atomic E-state index is 16.7. The zero-order valence-corrected chi connectivity index (χ0v) is 39.1. The number of primary amides is 1. The number of aliphatic hydroxyl groups excluding tert-OH is 1. The molecule has 14 nitrogen and oxygen atoms in total. The number of β-amino-alcohol motifs (C(OH)–C–C–N with tert-alkyl or cyclic N) is 1. The van der Waals surface area contributed by atoms with Gasteiger partial charge in [-0.15, -0.1) is 6.42 Å². The molecule has 2 bridgehead atoms. The minimum Gasteiger partial charge on any atom is -0.508 e. The van der Waals surface area contributed by atoms with Crippen molar-refractivity contribution < 1.29 is 38.1 Å². The molecule has 2 unspecified atom stereocenters. The van der Waals surface area contributed by atoms with Crippen molar-refractivity contribution in [1.29, 1.82) is 0 Å². The third-order valence-corrected chi connectivity index (χ3v) is 11.4. The molecule has 2 aromatic carbocycles. The molecule has 65 heavy (non-hydrogen) atoms. The van der Waals surface area contributed by atoms with Crippen molar-refractivity contribution in [3.8, 4) is 35.4 Å². The first-order chi connectivity index (χ1) is 31.1. The summed E-state index contributed by atoms with van der Waals surface area (Å²) < 4.78 is 37.9. The number of likely N-dealkylation sites (tertiary alicyclic amines) is 2. The molecule has 0 radical (unpaired) electrons. The molecule has 5 N–H and O–H groups in total. The van der Waals surface area contributed by atoms with E-state index in [0.717, 1.165) is 84.1 Å². The molecule has 0 aliphatic carbocycles. The third-order valence-electron chi connectivity index (χ3n) is 11.4. The number of halogens is 2. The number of piperidine rings is 1. The van der Waals surface area contributed by atoms with E-state index in [2.05, 4.69) is 64.4 Å². The van der Waals surface area contributed by atoms with Crippen LogP contribution in [0.15, 0.2) is 30.5 Å². The van der Waals surface area contributed by atoms with Crippen molar-refractivity contribution >= 4 is 46.1 Å². The first-order valence-corrected chi connectivity index (χ1v) is 22.8. The molecule has 4 saturated heterocycles. The fourth-order valence-electron chi connectivity index (χ4n) is 8.54. The van der Waals surface area contributed by atoms with Gasteiger partial charge in [0.1, 0.15) is 41.0 Å². The largest absolute Gasteiger partial charge is 0.508 e. The van der Waals surface area contributed by atoms with E-state index < -0.39 is 11.6 Å². The normalized spacial score (nSPS) is 19.3. The molecule has 4 aliphatic rings. The van der Waals surface area contributed by atoms with E-state index in [1.807, 2.05) is 13.8 Å². The Labute approximate surface area is 382 Å². The smallest absolute Gasteiger partial charge is 0.319 e. The van der Waals surface area contributed by atoms with Crippen LogP contribution in [0.5, 0.6) is 11.8 Å². The van der Waals surface area contributed by atoms with Gasteiger partial charge < -0.3 is 45.5 Å². The molecule has 2 aromatic heterocycles. The number of hydrogen-bond acceptors (Lipinski definition) is 12. The molecular weight excluding hydrogens is 835 g/mol. The van der Waals surface area contributed by atoms with Crippen LogP contribution in [0, 0.1) is 29.4 Å². The topological polar surface area (TPSA) is 187 Å². The number of anilines is 1. The number of aromatic nitrogens is 3. The molecule has 0 spiro atoms. The van der Waals surface area contributed by atoms with E-state index in [-0.39, 0.29) is 64.0 Å². The van der Waals surface area contributed by atoms with Crippen molar-refractivity contribution in [3.63, 3.8) is 0 Å². The Kier molecular flexibility index (Phi) is 19.8. The fraction of sp³-hybridized carbons (Fsp3) is 0.551. The number of amides is 2. The summed E-state index contributed by atoms with van der Waals surface area (Å²) >= 11 is 0. The average molecular weight is 903 g/mol. The number of benzene rings is 2. The van der Waals surface area contributed by atoms with Crippen LogP contribution in [0.1, 0.15) is 105 Å². The van der Waals surface area contributed by atoms with Gasteiger partial charge in [0.2, 0.25) is 12.3 Å². The van der Waals surface area contributed by atoms with Gasteiger partial charge in [0.15, 0.2) is 5.82 Å². The number of piperazine rings is 1. The lowest BCUT2D eigenvalue weighted by Gasteiger charge is -2.35. The Hall–Kier alpha value is -5.50. The first kappa shape index (κ1) is 52.1. The number of rotatable bonds is 8. The predicted octanol–water partition coefficient (Wildman–Crippen LogP) is 6.74. The zero-order chi connectivity index (χ0) is 47.8. The van der Waals surface area contributed by atoms with Crippen LogP contribution in [0.3, 0.4) is 0 Å². The number of nitrogens with zero attached hydrogens (tertiary/aromatic N) is 6. The lowest BCUT2D eigenvalue weighted by Crippen LogP contribution is -2.51. The number of phenols is 1. The molecule has 354 valence electrons. The standard InChI is InChI=1S/C34H36F2N6O2.C10H19NO2.C2H4O.C2H6.CH3NO/c1-3-5-12-41-13-10-24(11-14-41)44-34-39-32-27(33(40-34)42-18-21-7-8-22(19-42)38-21)17-37-31(30(32)36)26-16-23(43)15-20-6-9-28(35)25(4-2)29(20)26;1-10(2,3)6-9(13)11-5-4-8(12)7-11;1-2-3;1-2;2-1-3/h2,6,9,15-17,21-22,24,38,43H,3,5,7-8,10-14,18-19H2,1H3;8,12H,4-7H2,1-3H3;2H,1H3;1-2H3;1H,(H2,2,3)/t;8-;;;/m.1.../s1.